The number of benzene rings is 2. The van der Waals surface area contributed by atoms with E-state index in [0.717, 1.165) is 22.7 Å². The number of nitrogens with one attached hydrogen (secondary N) is 2. The first-order chi connectivity index (χ1) is 13.6. The highest BCUT2D eigenvalue weighted by Gasteiger charge is 2.10. The summed E-state index contributed by atoms with van der Waals surface area (Å²) in [7, 11) is 0. The van der Waals surface area contributed by atoms with Crippen LogP contribution in [0.4, 0.5) is 23.3 Å². The first kappa shape index (κ1) is 17.7. The molecule has 0 aliphatic carbocycles. The van der Waals surface area contributed by atoms with Gasteiger partial charge in [-0.2, -0.15) is 4.98 Å². The Morgan fingerprint density at radius 3 is 2.29 bits per heavy atom. The maximum atomic E-state index is 5.12. The largest absolute Gasteiger partial charge is 0.360 e. The fourth-order valence-corrected chi connectivity index (χ4v) is 2.83. The van der Waals surface area contributed by atoms with E-state index in [0.29, 0.717) is 17.6 Å². The van der Waals surface area contributed by atoms with E-state index in [-0.39, 0.29) is 0 Å². The maximum Gasteiger partial charge on any atom is 0.231 e. The quantitative estimate of drug-likeness (QED) is 0.479. The minimum atomic E-state index is 0.445. The first-order valence-electron chi connectivity index (χ1n) is 9.06. The molecule has 6 heteroatoms. The van der Waals surface area contributed by atoms with Crippen LogP contribution in [0.2, 0.25) is 0 Å². The van der Waals surface area contributed by atoms with Crippen LogP contribution < -0.4 is 10.6 Å². The summed E-state index contributed by atoms with van der Waals surface area (Å²) in [4.78, 5) is 9.23. The minimum absolute atomic E-state index is 0.445. The lowest BCUT2D eigenvalue weighted by Gasteiger charge is -2.11. The van der Waals surface area contributed by atoms with Crippen LogP contribution in [0.25, 0.3) is 11.3 Å². The zero-order chi connectivity index (χ0) is 19.5. The second-order valence-corrected chi connectivity index (χ2v) is 6.70. The second-order valence-electron chi connectivity index (χ2n) is 6.70. The van der Waals surface area contributed by atoms with E-state index in [2.05, 4.69) is 51.7 Å². The van der Waals surface area contributed by atoms with Gasteiger partial charge in [-0.15, -0.1) is 0 Å². The molecule has 0 aliphatic heterocycles. The van der Waals surface area contributed by atoms with Crippen LogP contribution in [-0.4, -0.2) is 15.1 Å². The maximum absolute atomic E-state index is 5.12. The number of hydrogen-bond donors (Lipinski definition) is 2. The molecule has 0 radical (unpaired) electrons. The Bertz CT molecular complexity index is 1110. The van der Waals surface area contributed by atoms with Crippen molar-refractivity contribution in [2.45, 2.75) is 20.8 Å². The van der Waals surface area contributed by atoms with Gasteiger partial charge in [0.1, 0.15) is 11.6 Å². The van der Waals surface area contributed by atoms with Crippen LogP contribution in [0.3, 0.4) is 0 Å². The Morgan fingerprint density at radius 2 is 1.57 bits per heavy atom. The Morgan fingerprint density at radius 1 is 0.750 bits per heavy atom. The lowest BCUT2D eigenvalue weighted by Crippen LogP contribution is -2.03. The number of aryl methyl sites for hydroxylation is 3. The number of aromatic nitrogens is 3. The van der Waals surface area contributed by atoms with Gasteiger partial charge >= 0.3 is 0 Å². The van der Waals surface area contributed by atoms with Crippen molar-refractivity contribution < 1.29 is 4.52 Å². The molecule has 0 unspecified atom stereocenters. The van der Waals surface area contributed by atoms with Gasteiger partial charge in [0.25, 0.3) is 0 Å². The van der Waals surface area contributed by atoms with E-state index in [1.807, 2.05) is 49.4 Å². The van der Waals surface area contributed by atoms with Crippen LogP contribution in [0.5, 0.6) is 0 Å². The molecular weight excluding hydrogens is 350 g/mol. The fraction of sp³-hybridized carbons (Fsp3) is 0.136. The average molecular weight is 371 g/mol. The van der Waals surface area contributed by atoms with Crippen molar-refractivity contribution in [2.75, 3.05) is 10.6 Å². The standard InChI is InChI=1S/C22H21N5O/c1-14-9-10-18(11-15(14)2)23-20-13-19(17-7-5-4-6-8-17)24-22(25-20)26-21-12-16(3)28-27-21/h4-13H,1-3H3,(H2,23,24,25,26,27). The summed E-state index contributed by atoms with van der Waals surface area (Å²) in [5, 5.41) is 10.5. The van der Waals surface area contributed by atoms with Crippen LogP contribution in [0.1, 0.15) is 16.9 Å². The lowest BCUT2D eigenvalue weighted by atomic mass is 10.1. The molecular formula is C22H21N5O. The molecule has 0 bridgehead atoms. The Kier molecular flexibility index (Phi) is 4.76. The van der Waals surface area contributed by atoms with E-state index in [9.17, 15) is 0 Å². The van der Waals surface area contributed by atoms with Crippen molar-refractivity contribution in [3.05, 3.63) is 77.6 Å². The smallest absolute Gasteiger partial charge is 0.231 e. The minimum Gasteiger partial charge on any atom is -0.360 e. The summed E-state index contributed by atoms with van der Waals surface area (Å²) < 4.78 is 5.12. The number of nitrogens with zero attached hydrogens (tertiary/aromatic N) is 3. The third kappa shape index (κ3) is 4.01. The monoisotopic (exact) mass is 371 g/mol. The van der Waals surface area contributed by atoms with Crippen molar-refractivity contribution in [1.29, 1.82) is 0 Å². The van der Waals surface area contributed by atoms with Gasteiger partial charge in [-0.05, 0) is 44.0 Å². The summed E-state index contributed by atoms with van der Waals surface area (Å²) in [6.45, 7) is 6.03. The Hall–Kier alpha value is -3.67. The van der Waals surface area contributed by atoms with Gasteiger partial charge in [0, 0.05) is 23.4 Å². The molecule has 0 saturated heterocycles. The zero-order valence-corrected chi connectivity index (χ0v) is 16.0. The third-order valence-electron chi connectivity index (χ3n) is 4.44. The molecule has 0 saturated carbocycles. The molecule has 0 aliphatic rings. The van der Waals surface area contributed by atoms with E-state index in [4.69, 9.17) is 4.52 Å². The average Bonchev–Trinajstić information content (AvgIpc) is 3.10. The van der Waals surface area contributed by atoms with Gasteiger partial charge in [-0.3, -0.25) is 0 Å². The van der Waals surface area contributed by atoms with Gasteiger partial charge in [-0.1, -0.05) is 41.6 Å². The number of hydrogen-bond acceptors (Lipinski definition) is 6. The summed E-state index contributed by atoms with van der Waals surface area (Å²) in [5.74, 6) is 2.43. The van der Waals surface area contributed by atoms with Crippen molar-refractivity contribution in [2.24, 2.45) is 0 Å². The van der Waals surface area contributed by atoms with Gasteiger partial charge in [0.05, 0.1) is 5.69 Å². The predicted molar refractivity (Wildman–Crippen MR) is 111 cm³/mol. The normalized spacial score (nSPS) is 10.7. The van der Waals surface area contributed by atoms with E-state index in [1.54, 1.807) is 6.07 Å². The van der Waals surface area contributed by atoms with Gasteiger partial charge in [0.15, 0.2) is 5.82 Å². The first-order valence-corrected chi connectivity index (χ1v) is 9.06. The van der Waals surface area contributed by atoms with E-state index in [1.165, 1.54) is 11.1 Å². The molecule has 0 spiro atoms. The van der Waals surface area contributed by atoms with Crippen molar-refractivity contribution in [3.8, 4) is 11.3 Å². The van der Waals surface area contributed by atoms with Crippen molar-refractivity contribution >= 4 is 23.3 Å². The summed E-state index contributed by atoms with van der Waals surface area (Å²) in [6.07, 6.45) is 0. The van der Waals surface area contributed by atoms with Crippen LogP contribution >= 0.6 is 0 Å². The van der Waals surface area contributed by atoms with Crippen molar-refractivity contribution in [3.63, 3.8) is 0 Å². The molecule has 2 aromatic carbocycles. The predicted octanol–water partition coefficient (Wildman–Crippen LogP) is 5.54. The topological polar surface area (TPSA) is 75.9 Å². The summed E-state index contributed by atoms with van der Waals surface area (Å²) in [6, 6.07) is 20.0. The van der Waals surface area contributed by atoms with E-state index >= 15 is 0 Å². The lowest BCUT2D eigenvalue weighted by molar-refractivity contribution is 0.400. The molecule has 0 amide bonds. The molecule has 4 aromatic rings. The summed E-state index contributed by atoms with van der Waals surface area (Å²) >= 11 is 0. The van der Waals surface area contributed by atoms with Crippen LogP contribution in [0.15, 0.2) is 65.2 Å². The molecule has 28 heavy (non-hydrogen) atoms. The number of rotatable bonds is 5. The summed E-state index contributed by atoms with van der Waals surface area (Å²) in [5.41, 5.74) is 5.27. The fourth-order valence-electron chi connectivity index (χ4n) is 2.83. The molecule has 0 fully saturated rings. The van der Waals surface area contributed by atoms with Crippen molar-refractivity contribution in [1.82, 2.24) is 15.1 Å². The molecule has 0 atom stereocenters. The highest BCUT2D eigenvalue weighted by molar-refractivity contribution is 5.68. The third-order valence-corrected chi connectivity index (χ3v) is 4.44. The molecule has 2 heterocycles. The number of anilines is 4. The van der Waals surface area contributed by atoms with E-state index < -0.39 is 0 Å². The van der Waals surface area contributed by atoms with Gasteiger partial charge in [-0.25, -0.2) is 4.98 Å². The van der Waals surface area contributed by atoms with Gasteiger partial charge < -0.3 is 15.2 Å². The highest BCUT2D eigenvalue weighted by atomic mass is 16.5. The Balaban J connectivity index is 1.71. The Labute approximate surface area is 163 Å². The van der Waals surface area contributed by atoms with Crippen LogP contribution in [0, 0.1) is 20.8 Å². The molecule has 2 N–H and O–H groups in total. The highest BCUT2D eigenvalue weighted by Crippen LogP contribution is 2.25. The zero-order valence-electron chi connectivity index (χ0n) is 16.0. The SMILES string of the molecule is Cc1cc(Nc2nc(Nc3ccc(C)c(C)c3)cc(-c3ccccc3)n2)no1. The van der Waals surface area contributed by atoms with Crippen LogP contribution in [-0.2, 0) is 0 Å². The molecule has 140 valence electrons. The molecule has 4 rings (SSSR count). The second kappa shape index (κ2) is 7.52. The molecule has 6 nitrogen and oxygen atoms in total. The van der Waals surface area contributed by atoms with Gasteiger partial charge in [0.2, 0.25) is 5.95 Å². The molecule has 2 aromatic heterocycles.